The van der Waals surface area contributed by atoms with Crippen molar-refractivity contribution in [2.45, 2.75) is 57.9 Å². The van der Waals surface area contributed by atoms with Crippen LogP contribution in [-0.4, -0.2) is 29.8 Å². The molecule has 2 fully saturated rings. The second-order valence-corrected chi connectivity index (χ2v) is 6.78. The Morgan fingerprint density at radius 3 is 2.76 bits per heavy atom. The van der Waals surface area contributed by atoms with Gasteiger partial charge < -0.3 is 0 Å². The molecule has 0 radical (unpaired) electrons. The minimum absolute atomic E-state index is 0.311. The van der Waals surface area contributed by atoms with E-state index in [0.717, 1.165) is 29.6 Å². The van der Waals surface area contributed by atoms with Crippen LogP contribution in [0.5, 0.6) is 0 Å². The summed E-state index contributed by atoms with van der Waals surface area (Å²) in [5, 5.41) is 0. The third kappa shape index (κ3) is 3.37. The predicted octanol–water partition coefficient (Wildman–Crippen LogP) is 4.22. The first kappa shape index (κ1) is 14.8. The minimum atomic E-state index is 0.311. The van der Waals surface area contributed by atoms with Crippen molar-refractivity contribution in [1.82, 2.24) is 4.90 Å². The SMILES string of the molecule is Cc1ccccc1C(=O)CCN1CCC[C@H]2CCCC[C@H]21. The normalized spacial score (nSPS) is 26.3. The van der Waals surface area contributed by atoms with Gasteiger partial charge in [0.25, 0.3) is 0 Å². The summed E-state index contributed by atoms with van der Waals surface area (Å²) in [6.07, 6.45) is 8.96. The molecule has 0 unspecified atom stereocenters. The van der Waals surface area contributed by atoms with Gasteiger partial charge in [-0.25, -0.2) is 0 Å². The maximum Gasteiger partial charge on any atom is 0.164 e. The second kappa shape index (κ2) is 6.74. The molecule has 1 saturated heterocycles. The summed E-state index contributed by atoms with van der Waals surface area (Å²) in [5.74, 6) is 1.21. The van der Waals surface area contributed by atoms with E-state index in [4.69, 9.17) is 0 Å². The molecule has 0 N–H and O–H groups in total. The number of Topliss-reactive ketones (excluding diaryl/α,β-unsaturated/α-hetero) is 1. The number of rotatable bonds is 4. The summed E-state index contributed by atoms with van der Waals surface area (Å²) in [6.45, 7) is 4.18. The number of aryl methyl sites for hydroxylation is 1. The maximum absolute atomic E-state index is 12.4. The number of fused-ring (bicyclic) bond motifs is 1. The minimum Gasteiger partial charge on any atom is -0.300 e. The number of carbonyl (C=O) groups excluding carboxylic acids is 1. The smallest absolute Gasteiger partial charge is 0.164 e. The Morgan fingerprint density at radius 2 is 1.90 bits per heavy atom. The van der Waals surface area contributed by atoms with Crippen molar-refractivity contribution in [2.24, 2.45) is 5.92 Å². The van der Waals surface area contributed by atoms with E-state index in [1.807, 2.05) is 31.2 Å². The molecular formula is C19H27NO. The van der Waals surface area contributed by atoms with Gasteiger partial charge in [-0.15, -0.1) is 0 Å². The lowest BCUT2D eigenvalue weighted by Crippen LogP contribution is -2.47. The van der Waals surface area contributed by atoms with Gasteiger partial charge in [-0.2, -0.15) is 0 Å². The number of ketones is 1. The van der Waals surface area contributed by atoms with Gasteiger partial charge in [-0.1, -0.05) is 37.1 Å². The van der Waals surface area contributed by atoms with Crippen LogP contribution < -0.4 is 0 Å². The van der Waals surface area contributed by atoms with Crippen LogP contribution in [0.3, 0.4) is 0 Å². The molecule has 0 bridgehead atoms. The zero-order valence-corrected chi connectivity index (χ0v) is 13.2. The molecule has 1 aromatic rings. The molecule has 2 heteroatoms. The average Bonchev–Trinajstić information content (AvgIpc) is 2.53. The van der Waals surface area contributed by atoms with E-state index in [0.29, 0.717) is 12.2 Å². The fourth-order valence-corrected chi connectivity index (χ4v) is 4.27. The fraction of sp³-hybridized carbons (Fsp3) is 0.632. The summed E-state index contributed by atoms with van der Waals surface area (Å²) in [4.78, 5) is 15.1. The Bertz CT molecular complexity index is 494. The van der Waals surface area contributed by atoms with Crippen LogP contribution in [0.4, 0.5) is 0 Å². The van der Waals surface area contributed by atoms with Gasteiger partial charge in [0.1, 0.15) is 0 Å². The highest BCUT2D eigenvalue weighted by atomic mass is 16.1. The molecule has 2 nitrogen and oxygen atoms in total. The Balaban J connectivity index is 1.59. The molecule has 2 atom stereocenters. The number of piperidine rings is 1. The van der Waals surface area contributed by atoms with Crippen LogP contribution in [0.15, 0.2) is 24.3 Å². The lowest BCUT2D eigenvalue weighted by atomic mass is 9.78. The zero-order valence-electron chi connectivity index (χ0n) is 13.2. The topological polar surface area (TPSA) is 20.3 Å². The van der Waals surface area contributed by atoms with Gasteiger partial charge in [-0.05, 0) is 50.6 Å². The monoisotopic (exact) mass is 285 g/mol. The second-order valence-electron chi connectivity index (χ2n) is 6.78. The molecule has 3 rings (SSSR count). The molecule has 21 heavy (non-hydrogen) atoms. The number of hydrogen-bond donors (Lipinski definition) is 0. The first-order valence-corrected chi connectivity index (χ1v) is 8.58. The van der Waals surface area contributed by atoms with Gasteiger partial charge >= 0.3 is 0 Å². The molecule has 1 heterocycles. The van der Waals surface area contributed by atoms with Crippen molar-refractivity contribution in [2.75, 3.05) is 13.1 Å². The lowest BCUT2D eigenvalue weighted by molar-refractivity contribution is 0.0575. The van der Waals surface area contributed by atoms with Gasteiger partial charge in [0.05, 0.1) is 0 Å². The van der Waals surface area contributed by atoms with Crippen LogP contribution in [-0.2, 0) is 0 Å². The first-order valence-electron chi connectivity index (χ1n) is 8.58. The zero-order chi connectivity index (χ0) is 14.7. The fourth-order valence-electron chi connectivity index (χ4n) is 4.27. The molecule has 1 aromatic carbocycles. The number of carbonyl (C=O) groups is 1. The van der Waals surface area contributed by atoms with E-state index in [2.05, 4.69) is 4.90 Å². The van der Waals surface area contributed by atoms with E-state index in [1.54, 1.807) is 0 Å². The molecule has 114 valence electrons. The lowest BCUT2D eigenvalue weighted by Gasteiger charge is -2.44. The molecule has 1 saturated carbocycles. The largest absolute Gasteiger partial charge is 0.300 e. The molecular weight excluding hydrogens is 258 g/mol. The third-order valence-electron chi connectivity index (χ3n) is 5.43. The average molecular weight is 285 g/mol. The highest BCUT2D eigenvalue weighted by Crippen LogP contribution is 2.35. The summed E-state index contributed by atoms with van der Waals surface area (Å²) >= 11 is 0. The van der Waals surface area contributed by atoms with Gasteiger partial charge in [0.2, 0.25) is 0 Å². The van der Waals surface area contributed by atoms with Gasteiger partial charge in [-0.3, -0.25) is 9.69 Å². The van der Waals surface area contributed by atoms with Crippen molar-refractivity contribution in [3.63, 3.8) is 0 Å². The van der Waals surface area contributed by atoms with Crippen LogP contribution in [0.25, 0.3) is 0 Å². The highest BCUT2D eigenvalue weighted by Gasteiger charge is 2.32. The van der Waals surface area contributed by atoms with Crippen molar-refractivity contribution in [3.8, 4) is 0 Å². The number of hydrogen-bond acceptors (Lipinski definition) is 2. The van der Waals surface area contributed by atoms with Crippen LogP contribution >= 0.6 is 0 Å². The molecule has 2 aliphatic rings. The maximum atomic E-state index is 12.4. The quantitative estimate of drug-likeness (QED) is 0.772. The molecule has 1 aliphatic carbocycles. The van der Waals surface area contributed by atoms with Crippen LogP contribution in [0.2, 0.25) is 0 Å². The van der Waals surface area contributed by atoms with E-state index >= 15 is 0 Å². The van der Waals surface area contributed by atoms with Crippen LogP contribution in [0, 0.1) is 12.8 Å². The Morgan fingerprint density at radius 1 is 1.14 bits per heavy atom. The van der Waals surface area contributed by atoms with E-state index < -0.39 is 0 Å². The Labute approximate surface area is 128 Å². The number of nitrogens with zero attached hydrogens (tertiary/aromatic N) is 1. The van der Waals surface area contributed by atoms with Crippen molar-refractivity contribution >= 4 is 5.78 Å². The molecule has 0 amide bonds. The summed E-state index contributed by atoms with van der Waals surface area (Å²) in [5.41, 5.74) is 2.02. The Kier molecular flexibility index (Phi) is 4.74. The van der Waals surface area contributed by atoms with E-state index in [1.165, 1.54) is 45.1 Å². The van der Waals surface area contributed by atoms with E-state index in [-0.39, 0.29) is 0 Å². The molecule has 1 aliphatic heterocycles. The standard InChI is InChI=1S/C19H27NO/c1-15-7-2-4-10-17(15)19(21)12-14-20-13-6-9-16-8-3-5-11-18(16)20/h2,4,7,10,16,18H,3,5-6,8-9,11-14H2,1H3/t16-,18-/m1/s1. The van der Waals surface area contributed by atoms with Crippen molar-refractivity contribution in [3.05, 3.63) is 35.4 Å². The van der Waals surface area contributed by atoms with Gasteiger partial charge in [0, 0.05) is 24.6 Å². The molecule has 0 spiro atoms. The third-order valence-corrected chi connectivity index (χ3v) is 5.43. The summed E-state index contributed by atoms with van der Waals surface area (Å²) in [6, 6.07) is 8.74. The van der Waals surface area contributed by atoms with Gasteiger partial charge in [0.15, 0.2) is 5.78 Å². The molecule has 0 aromatic heterocycles. The van der Waals surface area contributed by atoms with E-state index in [9.17, 15) is 4.79 Å². The summed E-state index contributed by atoms with van der Waals surface area (Å²) in [7, 11) is 0. The number of likely N-dealkylation sites (tertiary alicyclic amines) is 1. The van der Waals surface area contributed by atoms with Crippen molar-refractivity contribution < 1.29 is 4.79 Å². The van der Waals surface area contributed by atoms with Crippen molar-refractivity contribution in [1.29, 1.82) is 0 Å². The van der Waals surface area contributed by atoms with Crippen LogP contribution in [0.1, 0.15) is 60.9 Å². The Hall–Kier alpha value is -1.15. The number of benzene rings is 1. The highest BCUT2D eigenvalue weighted by molar-refractivity contribution is 5.97. The first-order chi connectivity index (χ1) is 10.3. The predicted molar refractivity (Wildman–Crippen MR) is 86.7 cm³/mol. The summed E-state index contributed by atoms with van der Waals surface area (Å²) < 4.78 is 0.